The smallest absolute Gasteiger partial charge is 0.179 e. The second-order valence-corrected chi connectivity index (χ2v) is 3.54. The maximum atomic E-state index is 11.3. The summed E-state index contributed by atoms with van der Waals surface area (Å²) in [6.45, 7) is 3.63. The molecule has 0 aliphatic heterocycles. The molecule has 15 heavy (non-hydrogen) atoms. The van der Waals surface area contributed by atoms with Crippen molar-refractivity contribution < 1.29 is 4.79 Å². The molecule has 0 N–H and O–H groups in total. The van der Waals surface area contributed by atoms with Gasteiger partial charge < -0.3 is 0 Å². The number of carbonyl (C=O) groups is 1. The molecule has 4 nitrogen and oxygen atoms in total. The van der Waals surface area contributed by atoms with Crippen LogP contribution in [0, 0.1) is 0 Å². The second kappa shape index (κ2) is 3.81. The van der Waals surface area contributed by atoms with E-state index in [-0.39, 0.29) is 5.78 Å². The Bertz CT molecular complexity index is 502. The van der Waals surface area contributed by atoms with Gasteiger partial charge in [0.2, 0.25) is 0 Å². The number of aromatic nitrogens is 3. The average Bonchev–Trinajstić information content (AvgIpc) is 2.61. The SMILES string of the molecule is CCCc1ccc2ncc(C(C)=O)n2n1. The maximum Gasteiger partial charge on any atom is 0.179 e. The van der Waals surface area contributed by atoms with Crippen LogP contribution in [0.5, 0.6) is 0 Å². The molecule has 0 aliphatic carbocycles. The molecule has 0 radical (unpaired) electrons. The molecule has 0 atom stereocenters. The van der Waals surface area contributed by atoms with Crippen molar-refractivity contribution in [2.24, 2.45) is 0 Å². The lowest BCUT2D eigenvalue weighted by molar-refractivity contribution is 0.101. The molecule has 4 heteroatoms. The molecular formula is C11H13N3O. The molecule has 0 fully saturated rings. The predicted octanol–water partition coefficient (Wildman–Crippen LogP) is 1.88. The van der Waals surface area contributed by atoms with E-state index in [1.165, 1.54) is 6.92 Å². The van der Waals surface area contributed by atoms with Crippen molar-refractivity contribution >= 4 is 11.4 Å². The van der Waals surface area contributed by atoms with E-state index < -0.39 is 0 Å². The lowest BCUT2D eigenvalue weighted by atomic mass is 10.2. The van der Waals surface area contributed by atoms with E-state index in [9.17, 15) is 4.79 Å². The van der Waals surface area contributed by atoms with Crippen LogP contribution < -0.4 is 0 Å². The van der Waals surface area contributed by atoms with E-state index in [0.29, 0.717) is 5.69 Å². The summed E-state index contributed by atoms with van der Waals surface area (Å²) in [5, 5.41) is 4.38. The van der Waals surface area contributed by atoms with Crippen molar-refractivity contribution in [3.8, 4) is 0 Å². The third-order valence-corrected chi connectivity index (χ3v) is 2.28. The Labute approximate surface area is 87.9 Å². The van der Waals surface area contributed by atoms with Crippen molar-refractivity contribution in [2.75, 3.05) is 0 Å². The number of aryl methyl sites for hydroxylation is 1. The number of fused-ring (bicyclic) bond motifs is 1. The quantitative estimate of drug-likeness (QED) is 0.715. The third kappa shape index (κ3) is 1.75. The molecule has 0 spiro atoms. The summed E-state index contributed by atoms with van der Waals surface area (Å²) in [5.74, 6) is -0.0105. The van der Waals surface area contributed by atoms with Crippen LogP contribution in [0.3, 0.4) is 0 Å². The zero-order valence-corrected chi connectivity index (χ0v) is 8.90. The first-order valence-corrected chi connectivity index (χ1v) is 5.07. The minimum Gasteiger partial charge on any atom is -0.293 e. The monoisotopic (exact) mass is 203 g/mol. The Kier molecular flexibility index (Phi) is 2.49. The number of imidazole rings is 1. The van der Waals surface area contributed by atoms with E-state index in [1.807, 2.05) is 12.1 Å². The summed E-state index contributed by atoms with van der Waals surface area (Å²) >= 11 is 0. The van der Waals surface area contributed by atoms with Gasteiger partial charge in [-0.05, 0) is 18.6 Å². The van der Waals surface area contributed by atoms with E-state index >= 15 is 0 Å². The average molecular weight is 203 g/mol. The largest absolute Gasteiger partial charge is 0.293 e. The fourth-order valence-electron chi connectivity index (χ4n) is 1.54. The number of ketones is 1. The Hall–Kier alpha value is -1.71. The van der Waals surface area contributed by atoms with Crippen LogP contribution in [-0.2, 0) is 6.42 Å². The van der Waals surface area contributed by atoms with Gasteiger partial charge in [-0.25, -0.2) is 9.50 Å². The van der Waals surface area contributed by atoms with E-state index in [0.717, 1.165) is 24.2 Å². The van der Waals surface area contributed by atoms with Gasteiger partial charge >= 0.3 is 0 Å². The zero-order valence-electron chi connectivity index (χ0n) is 8.90. The molecule has 0 unspecified atom stereocenters. The highest BCUT2D eigenvalue weighted by molar-refractivity contribution is 5.92. The van der Waals surface area contributed by atoms with Crippen LogP contribution in [-0.4, -0.2) is 20.4 Å². The van der Waals surface area contributed by atoms with Crippen LogP contribution in [0.2, 0.25) is 0 Å². The van der Waals surface area contributed by atoms with Crippen LogP contribution in [0.25, 0.3) is 5.65 Å². The standard InChI is InChI=1S/C11H13N3O/c1-3-4-9-5-6-11-12-7-10(8(2)15)14(11)13-9/h5-7H,3-4H2,1-2H3. The molecule has 2 aromatic rings. The van der Waals surface area contributed by atoms with Gasteiger partial charge in [0, 0.05) is 6.92 Å². The number of hydrogen-bond donors (Lipinski definition) is 0. The van der Waals surface area contributed by atoms with Gasteiger partial charge in [0.1, 0.15) is 5.69 Å². The second-order valence-electron chi connectivity index (χ2n) is 3.54. The fourth-order valence-corrected chi connectivity index (χ4v) is 1.54. The first-order valence-electron chi connectivity index (χ1n) is 5.07. The fraction of sp³-hybridized carbons (Fsp3) is 0.364. The highest BCUT2D eigenvalue weighted by atomic mass is 16.1. The Morgan fingerprint density at radius 1 is 1.47 bits per heavy atom. The van der Waals surface area contributed by atoms with Crippen molar-refractivity contribution in [2.45, 2.75) is 26.7 Å². The summed E-state index contributed by atoms with van der Waals surface area (Å²) in [5.41, 5.74) is 2.26. The lowest BCUT2D eigenvalue weighted by Crippen LogP contribution is -2.04. The van der Waals surface area contributed by atoms with Gasteiger partial charge in [-0.3, -0.25) is 4.79 Å². The van der Waals surface area contributed by atoms with Crippen LogP contribution >= 0.6 is 0 Å². The molecule has 0 bridgehead atoms. The Balaban J connectivity index is 2.56. The number of hydrogen-bond acceptors (Lipinski definition) is 3. The van der Waals surface area contributed by atoms with Crippen molar-refractivity contribution in [3.63, 3.8) is 0 Å². The van der Waals surface area contributed by atoms with Gasteiger partial charge in [-0.15, -0.1) is 0 Å². The normalized spacial score (nSPS) is 10.8. The van der Waals surface area contributed by atoms with E-state index in [4.69, 9.17) is 0 Å². The topological polar surface area (TPSA) is 47.3 Å². The van der Waals surface area contributed by atoms with Gasteiger partial charge in [0.25, 0.3) is 0 Å². The van der Waals surface area contributed by atoms with Gasteiger partial charge in [0.05, 0.1) is 11.9 Å². The van der Waals surface area contributed by atoms with E-state index in [2.05, 4.69) is 17.0 Å². The summed E-state index contributed by atoms with van der Waals surface area (Å²) < 4.78 is 1.62. The molecule has 2 heterocycles. The molecule has 0 saturated carbocycles. The third-order valence-electron chi connectivity index (χ3n) is 2.28. The summed E-state index contributed by atoms with van der Waals surface area (Å²) in [6, 6.07) is 3.85. The molecule has 0 saturated heterocycles. The van der Waals surface area contributed by atoms with Crippen molar-refractivity contribution in [1.29, 1.82) is 0 Å². The van der Waals surface area contributed by atoms with Crippen LogP contribution in [0.1, 0.15) is 36.5 Å². The van der Waals surface area contributed by atoms with Crippen molar-refractivity contribution in [1.82, 2.24) is 14.6 Å². The molecule has 2 aromatic heterocycles. The van der Waals surface area contributed by atoms with Crippen LogP contribution in [0.15, 0.2) is 18.3 Å². The lowest BCUT2D eigenvalue weighted by Gasteiger charge is -2.00. The first-order chi connectivity index (χ1) is 7.22. The first kappa shape index (κ1) is 9.83. The van der Waals surface area contributed by atoms with E-state index in [1.54, 1.807) is 10.7 Å². The van der Waals surface area contributed by atoms with Crippen molar-refractivity contribution in [3.05, 3.63) is 29.7 Å². The molecule has 0 amide bonds. The maximum absolute atomic E-state index is 11.3. The summed E-state index contributed by atoms with van der Waals surface area (Å²) in [7, 11) is 0. The highest BCUT2D eigenvalue weighted by Crippen LogP contribution is 2.07. The summed E-state index contributed by atoms with van der Waals surface area (Å²) in [4.78, 5) is 15.4. The number of rotatable bonds is 3. The molecule has 0 aromatic carbocycles. The van der Waals surface area contributed by atoms with Gasteiger partial charge in [0.15, 0.2) is 11.4 Å². The highest BCUT2D eigenvalue weighted by Gasteiger charge is 2.08. The number of carbonyl (C=O) groups excluding carboxylic acids is 1. The van der Waals surface area contributed by atoms with Crippen LogP contribution in [0.4, 0.5) is 0 Å². The Morgan fingerprint density at radius 3 is 2.93 bits per heavy atom. The predicted molar refractivity (Wildman–Crippen MR) is 57.0 cm³/mol. The number of nitrogens with zero attached hydrogens (tertiary/aromatic N) is 3. The minimum absolute atomic E-state index is 0.0105. The molecule has 78 valence electrons. The minimum atomic E-state index is -0.0105. The van der Waals surface area contributed by atoms with Gasteiger partial charge in [-0.1, -0.05) is 13.3 Å². The Morgan fingerprint density at radius 2 is 2.27 bits per heavy atom. The molecular weight excluding hydrogens is 190 g/mol. The molecule has 0 aliphatic rings. The molecule has 2 rings (SSSR count). The number of Topliss-reactive ketones (excluding diaryl/α,β-unsaturated/α-hetero) is 1. The zero-order chi connectivity index (χ0) is 10.8. The van der Waals surface area contributed by atoms with Gasteiger partial charge in [-0.2, -0.15) is 5.10 Å². The summed E-state index contributed by atoms with van der Waals surface area (Å²) in [6.07, 6.45) is 3.54.